The van der Waals surface area contributed by atoms with Gasteiger partial charge in [-0.1, -0.05) is 12.8 Å². The molecule has 1 aliphatic carbocycles. The van der Waals surface area contributed by atoms with E-state index in [-0.39, 0.29) is 0 Å². The normalized spacial score (nSPS) is 21.6. The van der Waals surface area contributed by atoms with Crippen molar-refractivity contribution in [2.75, 3.05) is 23.3 Å². The Balaban J connectivity index is 1.66. The van der Waals surface area contributed by atoms with Gasteiger partial charge in [0, 0.05) is 31.4 Å². The van der Waals surface area contributed by atoms with E-state index >= 15 is 0 Å². The number of hydrogen-bond donors (Lipinski definition) is 2. The van der Waals surface area contributed by atoms with Crippen molar-refractivity contribution in [3.05, 3.63) is 12.3 Å². The van der Waals surface area contributed by atoms with Gasteiger partial charge in [-0.15, -0.1) is 0 Å². The minimum atomic E-state index is 0.302. The zero-order valence-corrected chi connectivity index (χ0v) is 9.97. The first-order valence-corrected chi connectivity index (χ1v) is 6.41. The molecule has 0 radical (unpaired) electrons. The number of nitrogens with one attached hydrogen (secondary N) is 1. The van der Waals surface area contributed by atoms with Crippen LogP contribution in [0.3, 0.4) is 0 Å². The van der Waals surface area contributed by atoms with Crippen LogP contribution >= 0.6 is 0 Å². The summed E-state index contributed by atoms with van der Waals surface area (Å²) in [5.74, 6) is 1.75. The minimum Gasteiger partial charge on any atom is -0.353 e. The van der Waals surface area contributed by atoms with Gasteiger partial charge < -0.3 is 16.0 Å². The molecule has 1 aromatic rings. The molecule has 0 bridgehead atoms. The lowest BCUT2D eigenvalue weighted by molar-refractivity contribution is 0.514. The van der Waals surface area contributed by atoms with Gasteiger partial charge in [-0.25, -0.2) is 4.98 Å². The molecule has 3 N–H and O–H groups in total. The first kappa shape index (κ1) is 10.8. The third-order valence-corrected chi connectivity index (χ3v) is 3.56. The van der Waals surface area contributed by atoms with E-state index in [2.05, 4.69) is 20.2 Å². The SMILES string of the molecule is NC1CN(c2ccnc(NC3CCCC3)n2)C1. The summed E-state index contributed by atoms with van der Waals surface area (Å²) in [5, 5.41) is 3.42. The van der Waals surface area contributed by atoms with Crippen LogP contribution in [-0.2, 0) is 0 Å². The molecule has 17 heavy (non-hydrogen) atoms. The van der Waals surface area contributed by atoms with Crippen molar-refractivity contribution in [1.82, 2.24) is 9.97 Å². The molecular weight excluding hydrogens is 214 g/mol. The fourth-order valence-electron chi connectivity index (χ4n) is 2.55. The molecule has 0 unspecified atom stereocenters. The molecule has 2 heterocycles. The Bertz CT molecular complexity index is 382. The summed E-state index contributed by atoms with van der Waals surface area (Å²) in [6.45, 7) is 1.81. The molecule has 0 aromatic carbocycles. The quantitative estimate of drug-likeness (QED) is 0.814. The predicted molar refractivity (Wildman–Crippen MR) is 68.1 cm³/mol. The summed E-state index contributed by atoms with van der Waals surface area (Å²) in [6.07, 6.45) is 6.94. The fourth-order valence-corrected chi connectivity index (χ4v) is 2.55. The maximum Gasteiger partial charge on any atom is 0.224 e. The van der Waals surface area contributed by atoms with Crippen molar-refractivity contribution in [2.24, 2.45) is 5.73 Å². The number of anilines is 2. The Morgan fingerprint density at radius 3 is 2.76 bits per heavy atom. The predicted octanol–water partition coefficient (Wildman–Crippen LogP) is 0.978. The van der Waals surface area contributed by atoms with E-state index < -0.39 is 0 Å². The van der Waals surface area contributed by atoms with E-state index in [1.165, 1.54) is 25.7 Å². The maximum atomic E-state index is 5.78. The third-order valence-electron chi connectivity index (χ3n) is 3.56. The Morgan fingerprint density at radius 2 is 2.06 bits per heavy atom. The van der Waals surface area contributed by atoms with Crippen LogP contribution in [0.1, 0.15) is 25.7 Å². The van der Waals surface area contributed by atoms with Crippen LogP contribution in [0.15, 0.2) is 12.3 Å². The molecule has 2 fully saturated rings. The largest absolute Gasteiger partial charge is 0.353 e. The molecular formula is C12H19N5. The van der Waals surface area contributed by atoms with E-state index in [4.69, 9.17) is 5.73 Å². The number of hydrogen-bond acceptors (Lipinski definition) is 5. The topological polar surface area (TPSA) is 67.1 Å². The Morgan fingerprint density at radius 1 is 1.29 bits per heavy atom. The summed E-state index contributed by atoms with van der Waals surface area (Å²) in [5.41, 5.74) is 5.78. The summed E-state index contributed by atoms with van der Waals surface area (Å²) in [7, 11) is 0. The molecule has 5 heteroatoms. The second-order valence-electron chi connectivity index (χ2n) is 5.03. The third kappa shape index (κ3) is 2.34. The highest BCUT2D eigenvalue weighted by atomic mass is 15.3. The van der Waals surface area contributed by atoms with Crippen molar-refractivity contribution in [3.63, 3.8) is 0 Å². The van der Waals surface area contributed by atoms with Crippen LogP contribution in [0, 0.1) is 0 Å². The van der Waals surface area contributed by atoms with Crippen LogP contribution in [0.4, 0.5) is 11.8 Å². The average molecular weight is 233 g/mol. The van der Waals surface area contributed by atoms with Gasteiger partial charge in [-0.3, -0.25) is 0 Å². The number of aromatic nitrogens is 2. The van der Waals surface area contributed by atoms with E-state index in [0.717, 1.165) is 24.9 Å². The zero-order valence-electron chi connectivity index (χ0n) is 9.97. The van der Waals surface area contributed by atoms with Crippen molar-refractivity contribution < 1.29 is 0 Å². The fraction of sp³-hybridized carbons (Fsp3) is 0.667. The molecule has 1 aromatic heterocycles. The van der Waals surface area contributed by atoms with E-state index in [1.54, 1.807) is 0 Å². The van der Waals surface area contributed by atoms with Crippen molar-refractivity contribution in [3.8, 4) is 0 Å². The summed E-state index contributed by atoms with van der Waals surface area (Å²) >= 11 is 0. The lowest BCUT2D eigenvalue weighted by atomic mass is 10.1. The molecule has 1 aliphatic heterocycles. The maximum absolute atomic E-state index is 5.78. The Hall–Kier alpha value is -1.36. The number of rotatable bonds is 3. The molecule has 2 aliphatic rings. The average Bonchev–Trinajstić information content (AvgIpc) is 2.78. The summed E-state index contributed by atoms with van der Waals surface area (Å²) in [6, 6.07) is 2.81. The van der Waals surface area contributed by atoms with Crippen LogP contribution in [-0.4, -0.2) is 35.1 Å². The smallest absolute Gasteiger partial charge is 0.224 e. The van der Waals surface area contributed by atoms with Gasteiger partial charge in [0.05, 0.1) is 0 Å². The molecule has 1 saturated carbocycles. The first-order valence-electron chi connectivity index (χ1n) is 6.41. The molecule has 0 amide bonds. The molecule has 92 valence electrons. The van der Waals surface area contributed by atoms with Gasteiger partial charge >= 0.3 is 0 Å². The zero-order chi connectivity index (χ0) is 11.7. The van der Waals surface area contributed by atoms with Crippen molar-refractivity contribution in [2.45, 2.75) is 37.8 Å². The van der Waals surface area contributed by atoms with E-state index in [9.17, 15) is 0 Å². The number of nitrogens with zero attached hydrogens (tertiary/aromatic N) is 3. The highest BCUT2D eigenvalue weighted by Gasteiger charge is 2.24. The number of nitrogens with two attached hydrogens (primary N) is 1. The molecule has 0 atom stereocenters. The van der Waals surface area contributed by atoms with Gasteiger partial charge in [-0.05, 0) is 18.9 Å². The Kier molecular flexibility index (Phi) is 2.84. The molecule has 3 rings (SSSR count). The van der Waals surface area contributed by atoms with Crippen LogP contribution in [0.2, 0.25) is 0 Å². The Labute approximate surface area is 101 Å². The monoisotopic (exact) mass is 233 g/mol. The second-order valence-corrected chi connectivity index (χ2v) is 5.03. The van der Waals surface area contributed by atoms with Gasteiger partial charge in [0.1, 0.15) is 5.82 Å². The van der Waals surface area contributed by atoms with Crippen LogP contribution in [0.25, 0.3) is 0 Å². The second kappa shape index (κ2) is 4.49. The summed E-state index contributed by atoms with van der Waals surface area (Å²) < 4.78 is 0. The van der Waals surface area contributed by atoms with Gasteiger partial charge in [0.2, 0.25) is 5.95 Å². The molecule has 5 nitrogen and oxygen atoms in total. The highest BCUT2D eigenvalue weighted by molar-refractivity contribution is 5.45. The molecule has 1 saturated heterocycles. The minimum absolute atomic E-state index is 0.302. The van der Waals surface area contributed by atoms with Gasteiger partial charge in [-0.2, -0.15) is 4.98 Å². The first-order chi connectivity index (χ1) is 8.31. The standard InChI is InChI=1S/C12H19N5/c13-9-7-17(8-9)11-5-6-14-12(16-11)15-10-3-1-2-4-10/h5-6,9-10H,1-4,7-8,13H2,(H,14,15,16). The van der Waals surface area contributed by atoms with E-state index in [0.29, 0.717) is 12.1 Å². The lowest BCUT2D eigenvalue weighted by Crippen LogP contribution is -2.56. The van der Waals surface area contributed by atoms with Crippen LogP contribution in [0.5, 0.6) is 0 Å². The van der Waals surface area contributed by atoms with Crippen molar-refractivity contribution in [1.29, 1.82) is 0 Å². The van der Waals surface area contributed by atoms with E-state index in [1.807, 2.05) is 12.3 Å². The van der Waals surface area contributed by atoms with Crippen LogP contribution < -0.4 is 16.0 Å². The molecule has 0 spiro atoms. The van der Waals surface area contributed by atoms with Gasteiger partial charge in [0.25, 0.3) is 0 Å². The summed E-state index contributed by atoms with van der Waals surface area (Å²) in [4.78, 5) is 11.0. The van der Waals surface area contributed by atoms with Gasteiger partial charge in [0.15, 0.2) is 0 Å². The van der Waals surface area contributed by atoms with Crippen molar-refractivity contribution >= 4 is 11.8 Å². The lowest BCUT2D eigenvalue weighted by Gasteiger charge is -2.37. The highest BCUT2D eigenvalue weighted by Crippen LogP contribution is 2.22.